The fourth-order valence-electron chi connectivity index (χ4n) is 2.30. The molecule has 1 fully saturated rings. The van der Waals surface area contributed by atoms with Gasteiger partial charge in [-0.1, -0.05) is 25.9 Å². The zero-order valence-electron chi connectivity index (χ0n) is 10.8. The van der Waals surface area contributed by atoms with Crippen LogP contribution < -0.4 is 0 Å². The van der Waals surface area contributed by atoms with Crippen molar-refractivity contribution in [3.8, 4) is 0 Å². The molecule has 1 aliphatic rings. The maximum absolute atomic E-state index is 11.9. The van der Waals surface area contributed by atoms with Gasteiger partial charge in [0, 0.05) is 24.4 Å². The van der Waals surface area contributed by atoms with Gasteiger partial charge in [0.05, 0.1) is 0 Å². The first-order valence-electron chi connectivity index (χ1n) is 5.80. The second-order valence-corrected chi connectivity index (χ2v) is 5.64. The smallest absolute Gasteiger partial charge is 0.326 e. The molecule has 0 aromatic heterocycles. The lowest BCUT2D eigenvalue weighted by Gasteiger charge is -2.34. The van der Waals surface area contributed by atoms with E-state index >= 15 is 0 Å². The van der Waals surface area contributed by atoms with Crippen LogP contribution in [0.1, 0.15) is 27.2 Å². The third-order valence-corrected chi connectivity index (χ3v) is 3.01. The lowest BCUT2D eigenvalue weighted by atomic mass is 9.85. The van der Waals surface area contributed by atoms with E-state index in [9.17, 15) is 14.7 Å². The molecule has 0 saturated carbocycles. The number of azide groups is 1. The summed E-state index contributed by atoms with van der Waals surface area (Å²) in [6.07, 6.45) is 0.249. The van der Waals surface area contributed by atoms with E-state index in [2.05, 4.69) is 10.0 Å². The minimum atomic E-state index is -1.000. The number of carbonyl (C=O) groups is 2. The van der Waals surface area contributed by atoms with Crippen molar-refractivity contribution in [2.45, 2.75) is 33.2 Å². The van der Waals surface area contributed by atoms with Gasteiger partial charge in [0.25, 0.3) is 0 Å². The van der Waals surface area contributed by atoms with Gasteiger partial charge in [-0.2, -0.15) is 0 Å². The van der Waals surface area contributed by atoms with Crippen LogP contribution in [0.2, 0.25) is 0 Å². The molecule has 100 valence electrons. The SMILES string of the molecule is CC(C)(C)[C@@H](C(=O)O)N1CC(CN=[N+]=[N-])CC1=O. The third-order valence-electron chi connectivity index (χ3n) is 3.01. The van der Waals surface area contributed by atoms with Crippen molar-refractivity contribution in [1.82, 2.24) is 4.90 Å². The molecule has 1 N–H and O–H groups in total. The fourth-order valence-corrected chi connectivity index (χ4v) is 2.30. The van der Waals surface area contributed by atoms with Crippen molar-refractivity contribution in [2.24, 2.45) is 16.4 Å². The van der Waals surface area contributed by atoms with Crippen LogP contribution in [0, 0.1) is 11.3 Å². The molecular weight excluding hydrogens is 236 g/mol. The number of carboxylic acid groups (broad SMARTS) is 1. The summed E-state index contributed by atoms with van der Waals surface area (Å²) < 4.78 is 0. The first-order chi connectivity index (χ1) is 8.27. The van der Waals surface area contributed by atoms with Crippen LogP contribution in [0.15, 0.2) is 5.11 Å². The predicted octanol–water partition coefficient (Wildman–Crippen LogP) is 1.64. The molecule has 0 aliphatic carbocycles. The summed E-state index contributed by atoms with van der Waals surface area (Å²) in [4.78, 5) is 27.2. The third kappa shape index (κ3) is 3.13. The first kappa shape index (κ1) is 14.3. The van der Waals surface area contributed by atoms with Crippen LogP contribution in [0.5, 0.6) is 0 Å². The summed E-state index contributed by atoms with van der Waals surface area (Å²) in [5.41, 5.74) is 7.72. The van der Waals surface area contributed by atoms with E-state index in [1.807, 2.05) is 0 Å². The summed E-state index contributed by atoms with van der Waals surface area (Å²) in [5, 5.41) is 12.7. The minimum absolute atomic E-state index is 0.0856. The minimum Gasteiger partial charge on any atom is -0.480 e. The van der Waals surface area contributed by atoms with Crippen molar-refractivity contribution in [3.05, 3.63) is 10.4 Å². The molecule has 18 heavy (non-hydrogen) atoms. The Morgan fingerprint density at radius 2 is 2.28 bits per heavy atom. The Labute approximate surface area is 105 Å². The van der Waals surface area contributed by atoms with Gasteiger partial charge in [-0.15, -0.1) is 0 Å². The molecule has 0 aromatic carbocycles. The number of amides is 1. The van der Waals surface area contributed by atoms with Gasteiger partial charge in [0.2, 0.25) is 5.91 Å². The molecule has 7 heteroatoms. The molecule has 0 bridgehead atoms. The Morgan fingerprint density at radius 1 is 1.67 bits per heavy atom. The fraction of sp³-hybridized carbons (Fsp3) is 0.818. The lowest BCUT2D eigenvalue weighted by molar-refractivity contribution is -0.153. The Kier molecular flexibility index (Phi) is 4.19. The van der Waals surface area contributed by atoms with Gasteiger partial charge in [-0.3, -0.25) is 4.79 Å². The van der Waals surface area contributed by atoms with Crippen LogP contribution in [0.3, 0.4) is 0 Å². The number of likely N-dealkylation sites (tertiary alicyclic amines) is 1. The highest BCUT2D eigenvalue weighted by Gasteiger charge is 2.43. The van der Waals surface area contributed by atoms with Gasteiger partial charge < -0.3 is 10.0 Å². The highest BCUT2D eigenvalue weighted by atomic mass is 16.4. The molecule has 0 aromatic rings. The van der Waals surface area contributed by atoms with Gasteiger partial charge >= 0.3 is 5.97 Å². The number of rotatable bonds is 4. The highest BCUT2D eigenvalue weighted by Crippen LogP contribution is 2.30. The van der Waals surface area contributed by atoms with Gasteiger partial charge in [-0.05, 0) is 16.9 Å². The van der Waals surface area contributed by atoms with Crippen molar-refractivity contribution < 1.29 is 14.7 Å². The number of aliphatic carboxylic acids is 1. The second kappa shape index (κ2) is 5.27. The molecule has 0 radical (unpaired) electrons. The molecule has 1 unspecified atom stereocenters. The summed E-state index contributed by atoms with van der Waals surface area (Å²) >= 11 is 0. The Bertz CT molecular complexity index is 396. The van der Waals surface area contributed by atoms with Crippen molar-refractivity contribution >= 4 is 11.9 Å². The van der Waals surface area contributed by atoms with Crippen LogP contribution in [0.4, 0.5) is 0 Å². The normalized spacial score (nSPS) is 21.6. The molecule has 1 aliphatic heterocycles. The van der Waals surface area contributed by atoms with Gasteiger partial charge in [0.1, 0.15) is 6.04 Å². The molecule has 1 rings (SSSR count). The Balaban J connectivity index is 2.85. The van der Waals surface area contributed by atoms with E-state index in [1.165, 1.54) is 4.90 Å². The van der Waals surface area contributed by atoms with E-state index in [4.69, 9.17) is 5.53 Å². The average molecular weight is 254 g/mol. The van der Waals surface area contributed by atoms with E-state index in [0.29, 0.717) is 6.54 Å². The number of hydrogen-bond donors (Lipinski definition) is 1. The Hall–Kier alpha value is -1.75. The molecule has 1 heterocycles. The summed E-state index contributed by atoms with van der Waals surface area (Å²) in [7, 11) is 0. The molecule has 0 spiro atoms. The van der Waals surface area contributed by atoms with Gasteiger partial charge in [0.15, 0.2) is 0 Å². The van der Waals surface area contributed by atoms with E-state index < -0.39 is 17.4 Å². The second-order valence-electron chi connectivity index (χ2n) is 5.64. The molecular formula is C11H18N4O3. The molecule has 1 saturated heterocycles. The predicted molar refractivity (Wildman–Crippen MR) is 64.7 cm³/mol. The maximum Gasteiger partial charge on any atom is 0.326 e. The number of carboxylic acids is 1. The van der Waals surface area contributed by atoms with Crippen molar-refractivity contribution in [3.63, 3.8) is 0 Å². The topological polar surface area (TPSA) is 106 Å². The number of carbonyl (C=O) groups excluding carboxylic acids is 1. The molecule has 7 nitrogen and oxygen atoms in total. The van der Waals surface area contributed by atoms with Crippen LogP contribution in [0.25, 0.3) is 10.4 Å². The summed E-state index contributed by atoms with van der Waals surface area (Å²) in [5.74, 6) is -1.27. The maximum atomic E-state index is 11.9. The van der Waals surface area contributed by atoms with Crippen LogP contribution >= 0.6 is 0 Å². The average Bonchev–Trinajstić information content (AvgIpc) is 2.54. The monoisotopic (exact) mass is 254 g/mol. The van der Waals surface area contributed by atoms with Crippen LogP contribution in [-0.2, 0) is 9.59 Å². The zero-order chi connectivity index (χ0) is 13.9. The van der Waals surface area contributed by atoms with E-state index in [1.54, 1.807) is 20.8 Å². The zero-order valence-corrected chi connectivity index (χ0v) is 10.8. The quantitative estimate of drug-likeness (QED) is 0.468. The van der Waals surface area contributed by atoms with E-state index in [-0.39, 0.29) is 24.8 Å². The summed E-state index contributed by atoms with van der Waals surface area (Å²) in [6, 6.07) is -0.846. The molecule has 2 atom stereocenters. The lowest BCUT2D eigenvalue weighted by Crippen LogP contribution is -2.50. The largest absolute Gasteiger partial charge is 0.480 e. The molecule has 1 amide bonds. The number of nitrogens with zero attached hydrogens (tertiary/aromatic N) is 4. The van der Waals surface area contributed by atoms with E-state index in [0.717, 1.165) is 0 Å². The standard InChI is InChI=1S/C11H18N4O3/c1-11(2,3)9(10(17)18)15-6-7(4-8(15)16)5-13-14-12/h7,9H,4-6H2,1-3H3,(H,17,18)/t7?,9-/m1/s1. The number of hydrogen-bond acceptors (Lipinski definition) is 3. The van der Waals surface area contributed by atoms with Crippen LogP contribution in [-0.4, -0.2) is 41.0 Å². The summed E-state index contributed by atoms with van der Waals surface area (Å²) in [6.45, 7) is 5.95. The first-order valence-corrected chi connectivity index (χ1v) is 5.80. The highest BCUT2D eigenvalue weighted by molar-refractivity contribution is 5.85. The van der Waals surface area contributed by atoms with Gasteiger partial charge in [-0.25, -0.2) is 4.79 Å². The van der Waals surface area contributed by atoms with Crippen molar-refractivity contribution in [1.29, 1.82) is 0 Å². The Morgan fingerprint density at radius 3 is 2.72 bits per heavy atom. The van der Waals surface area contributed by atoms with Crippen molar-refractivity contribution in [2.75, 3.05) is 13.1 Å².